The molecule has 0 bridgehead atoms. The average molecular weight is 320 g/mol. The van der Waals surface area contributed by atoms with Crippen LogP contribution in [-0.4, -0.2) is 60.6 Å². The van der Waals surface area contributed by atoms with E-state index in [1.165, 1.54) is 11.1 Å². The van der Waals surface area contributed by atoms with Gasteiger partial charge in [0.2, 0.25) is 5.91 Å². The Bertz CT molecular complexity index is 518. The van der Waals surface area contributed by atoms with Gasteiger partial charge >= 0.3 is 6.18 Å². The first-order chi connectivity index (χ1) is 10.3. The fourth-order valence-electron chi connectivity index (χ4n) is 2.57. The molecule has 1 saturated heterocycles. The van der Waals surface area contributed by atoms with Crippen molar-refractivity contribution in [1.82, 2.24) is 14.7 Å². The molecule has 9 heteroatoms. The van der Waals surface area contributed by atoms with Crippen LogP contribution in [0.5, 0.6) is 0 Å². The number of amides is 1. The van der Waals surface area contributed by atoms with Gasteiger partial charge in [-0.25, -0.2) is 0 Å². The Labute approximate surface area is 126 Å². The maximum atomic E-state index is 13.0. The van der Waals surface area contributed by atoms with E-state index in [1.54, 1.807) is 25.0 Å². The predicted octanol–water partition coefficient (Wildman–Crippen LogP) is 1.21. The highest BCUT2D eigenvalue weighted by atomic mass is 19.4. The van der Waals surface area contributed by atoms with Gasteiger partial charge in [0.25, 0.3) is 0 Å². The lowest BCUT2D eigenvalue weighted by Crippen LogP contribution is -2.36. The van der Waals surface area contributed by atoms with E-state index in [4.69, 9.17) is 4.74 Å². The number of rotatable bonds is 5. The lowest BCUT2D eigenvalue weighted by atomic mass is 9.94. The quantitative estimate of drug-likeness (QED) is 0.886. The number of halogens is 3. The van der Waals surface area contributed by atoms with Crippen LogP contribution in [0.25, 0.3) is 0 Å². The average Bonchev–Trinajstić information content (AvgIpc) is 3.02. The first-order valence-electron chi connectivity index (χ1n) is 6.88. The summed E-state index contributed by atoms with van der Waals surface area (Å²) in [6, 6.07) is 0. The Morgan fingerprint density at radius 2 is 2.23 bits per heavy atom. The molecule has 0 aliphatic carbocycles. The van der Waals surface area contributed by atoms with Crippen molar-refractivity contribution < 1.29 is 22.7 Å². The molecule has 1 aromatic rings. The Hall–Kier alpha value is -1.61. The van der Waals surface area contributed by atoms with E-state index < -0.39 is 23.9 Å². The topological polar surface area (TPSA) is 59.4 Å². The number of nitrogens with zero attached hydrogens (tertiary/aromatic N) is 3. The molecule has 0 aromatic carbocycles. The number of hydrogen-bond donors (Lipinski definition) is 1. The highest BCUT2D eigenvalue weighted by Crippen LogP contribution is 2.37. The Morgan fingerprint density at radius 1 is 1.50 bits per heavy atom. The van der Waals surface area contributed by atoms with Gasteiger partial charge in [0.15, 0.2) is 0 Å². The van der Waals surface area contributed by atoms with Gasteiger partial charge in [0.1, 0.15) is 0 Å². The fourth-order valence-corrected chi connectivity index (χ4v) is 2.57. The van der Waals surface area contributed by atoms with Crippen LogP contribution in [0.3, 0.4) is 0 Å². The van der Waals surface area contributed by atoms with Crippen LogP contribution < -0.4 is 5.32 Å². The van der Waals surface area contributed by atoms with Crippen LogP contribution in [0.2, 0.25) is 0 Å². The van der Waals surface area contributed by atoms with E-state index in [-0.39, 0.29) is 13.1 Å². The van der Waals surface area contributed by atoms with E-state index in [0.717, 1.165) is 0 Å². The van der Waals surface area contributed by atoms with Crippen molar-refractivity contribution in [3.63, 3.8) is 0 Å². The number of methoxy groups -OCH3 is 1. The third-order valence-electron chi connectivity index (χ3n) is 3.68. The van der Waals surface area contributed by atoms with Crippen molar-refractivity contribution in [3.05, 3.63) is 12.4 Å². The number of anilines is 1. The zero-order valence-corrected chi connectivity index (χ0v) is 12.4. The number of hydrogen-bond acceptors (Lipinski definition) is 4. The SMILES string of the molecule is COCCn1cc(NC(=O)[C@@H]2CN(C)C[C@H]2C(F)(F)F)cn1. The second-order valence-electron chi connectivity index (χ2n) is 5.45. The van der Waals surface area contributed by atoms with E-state index in [9.17, 15) is 18.0 Å². The fraction of sp³-hybridized carbons (Fsp3) is 0.692. The van der Waals surface area contributed by atoms with Crippen molar-refractivity contribution in [3.8, 4) is 0 Å². The van der Waals surface area contributed by atoms with Crippen LogP contribution >= 0.6 is 0 Å². The van der Waals surface area contributed by atoms with Gasteiger partial charge in [-0.3, -0.25) is 9.48 Å². The number of likely N-dealkylation sites (tertiary alicyclic amines) is 1. The molecule has 0 spiro atoms. The van der Waals surface area contributed by atoms with Crippen LogP contribution in [0, 0.1) is 11.8 Å². The van der Waals surface area contributed by atoms with Gasteiger partial charge < -0.3 is 15.0 Å². The number of carbonyl (C=O) groups is 1. The van der Waals surface area contributed by atoms with Crippen molar-refractivity contribution in [2.45, 2.75) is 12.7 Å². The second kappa shape index (κ2) is 6.66. The zero-order valence-electron chi connectivity index (χ0n) is 12.4. The maximum Gasteiger partial charge on any atom is 0.393 e. The highest BCUT2D eigenvalue weighted by Gasteiger charge is 2.51. The third kappa shape index (κ3) is 3.98. The third-order valence-corrected chi connectivity index (χ3v) is 3.68. The molecule has 124 valence electrons. The lowest BCUT2D eigenvalue weighted by molar-refractivity contribution is -0.182. The van der Waals surface area contributed by atoms with E-state index in [1.807, 2.05) is 0 Å². The van der Waals surface area contributed by atoms with E-state index in [2.05, 4.69) is 10.4 Å². The van der Waals surface area contributed by atoms with E-state index in [0.29, 0.717) is 18.8 Å². The zero-order chi connectivity index (χ0) is 16.3. The predicted molar refractivity (Wildman–Crippen MR) is 73.3 cm³/mol. The molecule has 6 nitrogen and oxygen atoms in total. The minimum atomic E-state index is -4.38. The van der Waals surface area contributed by atoms with Gasteiger partial charge in [-0.1, -0.05) is 0 Å². The summed E-state index contributed by atoms with van der Waals surface area (Å²) in [5, 5.41) is 6.52. The maximum absolute atomic E-state index is 13.0. The first-order valence-corrected chi connectivity index (χ1v) is 6.88. The number of alkyl halides is 3. The van der Waals surface area contributed by atoms with Crippen molar-refractivity contribution >= 4 is 11.6 Å². The minimum Gasteiger partial charge on any atom is -0.383 e. The van der Waals surface area contributed by atoms with E-state index >= 15 is 0 Å². The van der Waals surface area contributed by atoms with Gasteiger partial charge in [-0.05, 0) is 7.05 Å². The number of carbonyl (C=O) groups excluding carboxylic acids is 1. The second-order valence-corrected chi connectivity index (χ2v) is 5.45. The molecule has 2 heterocycles. The number of ether oxygens (including phenoxy) is 1. The summed E-state index contributed by atoms with van der Waals surface area (Å²) in [6.07, 6.45) is -1.40. The van der Waals surface area contributed by atoms with Crippen LogP contribution in [0.1, 0.15) is 0 Å². The molecule has 2 atom stereocenters. The van der Waals surface area contributed by atoms with Gasteiger partial charge in [-0.2, -0.15) is 18.3 Å². The van der Waals surface area contributed by atoms with Gasteiger partial charge in [0, 0.05) is 26.4 Å². The molecule has 1 aromatic heterocycles. The molecule has 1 fully saturated rings. The van der Waals surface area contributed by atoms with Crippen molar-refractivity contribution in [1.29, 1.82) is 0 Å². The molecule has 2 rings (SSSR count). The van der Waals surface area contributed by atoms with Crippen LogP contribution in [0.4, 0.5) is 18.9 Å². The Morgan fingerprint density at radius 3 is 2.86 bits per heavy atom. The molecule has 0 saturated carbocycles. The summed E-state index contributed by atoms with van der Waals surface area (Å²) in [4.78, 5) is 13.7. The molecule has 1 N–H and O–H groups in total. The van der Waals surface area contributed by atoms with Crippen molar-refractivity contribution in [2.24, 2.45) is 11.8 Å². The summed E-state index contributed by atoms with van der Waals surface area (Å²) >= 11 is 0. The standard InChI is InChI=1S/C13H19F3N4O2/c1-19-7-10(11(8-19)13(14,15)16)12(21)18-9-5-17-20(6-9)3-4-22-2/h5-6,10-11H,3-4,7-8H2,1-2H3,(H,18,21)/t10-,11-/m1/s1. The Kier molecular flexibility index (Phi) is 5.07. The highest BCUT2D eigenvalue weighted by molar-refractivity contribution is 5.93. The minimum absolute atomic E-state index is 0.0911. The molecular weight excluding hydrogens is 301 g/mol. The summed E-state index contributed by atoms with van der Waals surface area (Å²) in [5.74, 6) is -3.37. The molecule has 0 unspecified atom stereocenters. The molecular formula is C13H19F3N4O2. The summed E-state index contributed by atoms with van der Waals surface area (Å²) in [6.45, 7) is 0.894. The monoisotopic (exact) mass is 320 g/mol. The van der Waals surface area contributed by atoms with Crippen LogP contribution in [0.15, 0.2) is 12.4 Å². The Balaban J connectivity index is 2.00. The largest absolute Gasteiger partial charge is 0.393 e. The van der Waals surface area contributed by atoms with Gasteiger partial charge in [-0.15, -0.1) is 0 Å². The van der Waals surface area contributed by atoms with Gasteiger partial charge in [0.05, 0.1) is 36.9 Å². The molecule has 1 amide bonds. The first kappa shape index (κ1) is 16.8. The summed E-state index contributed by atoms with van der Waals surface area (Å²) in [7, 11) is 3.13. The lowest BCUT2D eigenvalue weighted by Gasteiger charge is -2.20. The number of nitrogens with one attached hydrogen (secondary N) is 1. The smallest absolute Gasteiger partial charge is 0.383 e. The molecule has 1 aliphatic heterocycles. The molecule has 1 aliphatic rings. The summed E-state index contributed by atoms with van der Waals surface area (Å²) < 4.78 is 45.4. The van der Waals surface area contributed by atoms with Crippen molar-refractivity contribution in [2.75, 3.05) is 39.2 Å². The van der Waals surface area contributed by atoms with Crippen LogP contribution in [-0.2, 0) is 16.1 Å². The molecule has 0 radical (unpaired) electrons. The summed E-state index contributed by atoms with van der Waals surface area (Å²) in [5.41, 5.74) is 0.386. The normalized spacial score (nSPS) is 23.0. The number of aromatic nitrogens is 2. The molecule has 22 heavy (non-hydrogen) atoms.